The second-order valence-electron chi connectivity index (χ2n) is 18.6. The first-order valence-corrected chi connectivity index (χ1v) is 24.3. The molecule has 374 valence electrons. The number of amides is 4. The van der Waals surface area contributed by atoms with Crippen molar-refractivity contribution in [2.24, 2.45) is 5.92 Å². The van der Waals surface area contributed by atoms with E-state index in [1.54, 1.807) is 89.7 Å². The number of rotatable bonds is 22. The molecule has 0 saturated heterocycles. The van der Waals surface area contributed by atoms with E-state index in [1.807, 2.05) is 60.7 Å². The highest BCUT2D eigenvalue weighted by Gasteiger charge is 2.39. The predicted octanol–water partition coefficient (Wildman–Crippen LogP) is 10.2. The highest BCUT2D eigenvalue weighted by Crippen LogP contribution is 2.49. The molecule has 0 bridgehead atoms. The van der Waals surface area contributed by atoms with Crippen molar-refractivity contribution in [3.05, 3.63) is 181 Å². The molecule has 0 fully saturated rings. The number of hydrogen-bond donors (Lipinski definition) is 4. The topological polar surface area (TPSA) is 187 Å². The van der Waals surface area contributed by atoms with E-state index in [4.69, 9.17) is 18.9 Å². The number of para-hydroxylation sites is 1. The average molecular weight is 985 g/mol. The molecule has 14 nitrogen and oxygen atoms in total. The van der Waals surface area contributed by atoms with Crippen LogP contribution >= 0.6 is 11.8 Å². The number of alkyl carbamates (subject to hydrolysis) is 2. The minimum atomic E-state index is -1.18. The number of Topliss-reactive ketones (excluding diaryl/α,β-unsaturated/α-hetero) is 1. The van der Waals surface area contributed by atoms with Gasteiger partial charge in [0.2, 0.25) is 5.91 Å². The molecular weight excluding hydrogens is 921 g/mol. The Kier molecular flexibility index (Phi) is 20.0. The Labute approximate surface area is 420 Å². The molecule has 0 heterocycles. The van der Waals surface area contributed by atoms with Crippen molar-refractivity contribution in [1.82, 2.24) is 16.0 Å². The molecule has 0 aliphatic heterocycles. The van der Waals surface area contributed by atoms with Gasteiger partial charge in [-0.1, -0.05) is 134 Å². The van der Waals surface area contributed by atoms with Gasteiger partial charge in [0.05, 0.1) is 16.7 Å². The number of ketones is 1. The van der Waals surface area contributed by atoms with Gasteiger partial charge in [-0.2, -0.15) is 0 Å². The summed E-state index contributed by atoms with van der Waals surface area (Å²) in [4.78, 5) is 80.7. The van der Waals surface area contributed by atoms with E-state index in [2.05, 4.69) is 64.2 Å². The summed E-state index contributed by atoms with van der Waals surface area (Å²) in [5.41, 5.74) is 2.44. The first-order chi connectivity index (χ1) is 33.8. The quantitative estimate of drug-likeness (QED) is 0.0224. The molecule has 0 aromatic heterocycles. The molecule has 0 aliphatic carbocycles. The van der Waals surface area contributed by atoms with Crippen LogP contribution < -0.4 is 26.0 Å². The third-order valence-corrected chi connectivity index (χ3v) is 12.3. The van der Waals surface area contributed by atoms with E-state index in [1.165, 1.54) is 18.2 Å². The zero-order chi connectivity index (χ0) is 51.4. The van der Waals surface area contributed by atoms with Crippen molar-refractivity contribution in [2.45, 2.75) is 88.8 Å². The highest BCUT2D eigenvalue weighted by atomic mass is 32.2. The van der Waals surface area contributed by atoms with Crippen LogP contribution in [0.3, 0.4) is 0 Å². The summed E-state index contributed by atoms with van der Waals surface area (Å²) in [6.45, 7) is 13.6. The normalized spacial score (nSPS) is 12.7. The van der Waals surface area contributed by atoms with Crippen molar-refractivity contribution in [3.63, 3.8) is 0 Å². The third kappa shape index (κ3) is 17.5. The molecule has 0 unspecified atom stereocenters. The molecule has 5 rings (SSSR count). The summed E-state index contributed by atoms with van der Waals surface area (Å²) in [5, 5.41) is 10.9. The number of ether oxygens (including phenoxy) is 4. The van der Waals surface area contributed by atoms with Gasteiger partial charge in [0.1, 0.15) is 29.6 Å². The largest absolute Gasteiger partial charge is 0.460 e. The van der Waals surface area contributed by atoms with Crippen LogP contribution in [0, 0.1) is 5.92 Å². The van der Waals surface area contributed by atoms with E-state index in [0.717, 1.165) is 16.7 Å². The molecule has 4 amide bonds. The molecule has 5 aromatic rings. The van der Waals surface area contributed by atoms with Crippen LogP contribution in [0.2, 0.25) is 0 Å². The zero-order valence-electron chi connectivity index (χ0n) is 41.1. The second kappa shape index (κ2) is 26.0. The van der Waals surface area contributed by atoms with Crippen molar-refractivity contribution < 1.29 is 47.7 Å². The zero-order valence-corrected chi connectivity index (χ0v) is 41.9. The fraction of sp³-hybridized carbons (Fsp3) is 0.321. The van der Waals surface area contributed by atoms with Gasteiger partial charge in [-0.05, 0) is 94.5 Å². The van der Waals surface area contributed by atoms with Gasteiger partial charge in [-0.3, -0.25) is 9.59 Å². The van der Waals surface area contributed by atoms with Gasteiger partial charge < -0.3 is 40.2 Å². The van der Waals surface area contributed by atoms with Gasteiger partial charge >= 0.3 is 24.2 Å². The van der Waals surface area contributed by atoms with E-state index in [9.17, 15) is 28.8 Å². The molecule has 4 N–H and O–H groups in total. The summed E-state index contributed by atoms with van der Waals surface area (Å²) in [5.74, 6) is -2.06. The van der Waals surface area contributed by atoms with Crippen LogP contribution in [0.4, 0.5) is 20.1 Å². The van der Waals surface area contributed by atoms with Crippen molar-refractivity contribution >= 4 is 53.4 Å². The van der Waals surface area contributed by atoms with Gasteiger partial charge in [-0.15, -0.1) is 11.8 Å². The lowest BCUT2D eigenvalue weighted by Gasteiger charge is -2.36. The molecule has 15 heteroatoms. The van der Waals surface area contributed by atoms with Gasteiger partial charge in [0.25, 0.3) is 0 Å². The SMILES string of the molecule is C=CCOC(=O)[C@H](Cc1ccc(OC(=O)NCC[C@H](NC(=O)OC(C)(C)C)C(=O)C[C@@H](CSC(c2ccccc2)(c2ccccc2)c2ccccc2)C(=O)Nc2ccccc2)cc1)NC(=O)OC(C)(C)C. The lowest BCUT2D eigenvalue weighted by atomic mass is 9.84. The summed E-state index contributed by atoms with van der Waals surface area (Å²) < 4.78 is 20.8. The maximum atomic E-state index is 14.6. The van der Waals surface area contributed by atoms with Gasteiger partial charge in [0, 0.05) is 30.8 Å². The molecule has 71 heavy (non-hydrogen) atoms. The lowest BCUT2D eigenvalue weighted by Crippen LogP contribution is -2.46. The number of thioether (sulfide) groups is 1. The molecule has 0 saturated carbocycles. The predicted molar refractivity (Wildman–Crippen MR) is 276 cm³/mol. The van der Waals surface area contributed by atoms with E-state index in [0.29, 0.717) is 11.3 Å². The van der Waals surface area contributed by atoms with Gasteiger partial charge in [0.15, 0.2) is 5.78 Å². The standard InChI is InChI=1S/C56H64N4O10S/c1-8-35-67-50(63)47(60-53(66)70-55(5,6)7)36-39-29-31-45(32-30-39)68-51(64)57-34-33-46(59-52(65)69-54(2,3)4)48(61)37-40(49(62)58-44-27-19-12-20-28-44)38-71-56(41-21-13-9-14-22-41,42-23-15-10-16-24-42)43-25-17-11-18-26-43/h8-32,40,46-47H,1,33-38H2,2-7H3,(H,57,64)(H,58,62)(H,59,65)(H,60,66)/t40-,46-,47-/m0/s1. The smallest absolute Gasteiger partial charge is 0.412 e. The maximum Gasteiger partial charge on any atom is 0.412 e. The van der Waals surface area contributed by atoms with E-state index in [-0.39, 0.29) is 49.8 Å². The minimum Gasteiger partial charge on any atom is -0.460 e. The first kappa shape index (κ1) is 54.5. The Morgan fingerprint density at radius 1 is 0.620 bits per heavy atom. The van der Waals surface area contributed by atoms with Crippen LogP contribution in [0.5, 0.6) is 5.75 Å². The highest BCUT2D eigenvalue weighted by molar-refractivity contribution is 8.00. The monoisotopic (exact) mass is 984 g/mol. The number of benzene rings is 5. The molecule has 5 aromatic carbocycles. The Balaban J connectivity index is 1.33. The van der Waals surface area contributed by atoms with Crippen molar-refractivity contribution in [2.75, 3.05) is 24.2 Å². The third-order valence-electron chi connectivity index (χ3n) is 10.6. The van der Waals surface area contributed by atoms with Crippen LogP contribution in [-0.2, 0) is 39.8 Å². The fourth-order valence-corrected chi connectivity index (χ4v) is 9.04. The lowest BCUT2D eigenvalue weighted by molar-refractivity contribution is -0.144. The van der Waals surface area contributed by atoms with Crippen molar-refractivity contribution in [3.8, 4) is 5.75 Å². The molecule has 0 aliphatic rings. The summed E-state index contributed by atoms with van der Waals surface area (Å²) in [6.07, 6.45) is -1.35. The number of anilines is 1. The molecular formula is C56H64N4O10S. The number of carbonyl (C=O) groups excluding carboxylic acids is 6. The average Bonchev–Trinajstić information content (AvgIpc) is 3.33. The Hall–Kier alpha value is -7.39. The Bertz CT molecular complexity index is 2440. The summed E-state index contributed by atoms with van der Waals surface area (Å²) >= 11 is 1.54. The van der Waals surface area contributed by atoms with Crippen LogP contribution in [0.1, 0.15) is 76.6 Å². The summed E-state index contributed by atoms with van der Waals surface area (Å²) in [7, 11) is 0. The molecule has 0 radical (unpaired) electrons. The van der Waals surface area contributed by atoms with Crippen LogP contribution in [0.15, 0.2) is 158 Å². The van der Waals surface area contributed by atoms with E-state index < -0.39 is 64.0 Å². The number of hydrogen-bond acceptors (Lipinski definition) is 11. The minimum absolute atomic E-state index is 0.0448. The number of carbonyl (C=O) groups is 6. The molecule has 0 spiro atoms. The number of esters is 1. The van der Waals surface area contributed by atoms with Gasteiger partial charge in [-0.25, -0.2) is 19.2 Å². The number of nitrogens with one attached hydrogen (secondary N) is 4. The van der Waals surface area contributed by atoms with Crippen molar-refractivity contribution in [1.29, 1.82) is 0 Å². The van der Waals surface area contributed by atoms with Crippen LogP contribution in [0.25, 0.3) is 0 Å². The summed E-state index contributed by atoms with van der Waals surface area (Å²) in [6, 6.07) is 43.1. The fourth-order valence-electron chi connectivity index (χ4n) is 7.41. The Morgan fingerprint density at radius 3 is 1.58 bits per heavy atom. The van der Waals surface area contributed by atoms with Crippen LogP contribution in [-0.4, -0.2) is 78.1 Å². The molecule has 3 atom stereocenters. The second-order valence-corrected chi connectivity index (χ2v) is 19.8. The Morgan fingerprint density at radius 2 is 1.10 bits per heavy atom. The maximum absolute atomic E-state index is 14.6. The van der Waals surface area contributed by atoms with E-state index >= 15 is 0 Å². The first-order valence-electron chi connectivity index (χ1n) is 23.4.